The van der Waals surface area contributed by atoms with E-state index in [4.69, 9.17) is 0 Å². The van der Waals surface area contributed by atoms with Crippen LogP contribution >= 0.6 is 0 Å². The van der Waals surface area contributed by atoms with Crippen molar-refractivity contribution in [2.45, 2.75) is 20.0 Å². The highest BCUT2D eigenvalue weighted by Crippen LogP contribution is 2.13. The molecule has 0 fully saturated rings. The highest BCUT2D eigenvalue weighted by atomic mass is 19.1. The topological polar surface area (TPSA) is 87.1 Å². The van der Waals surface area contributed by atoms with Gasteiger partial charge in [0.15, 0.2) is 0 Å². The zero-order valence-corrected chi connectivity index (χ0v) is 18.5. The van der Waals surface area contributed by atoms with Crippen molar-refractivity contribution in [1.29, 1.82) is 0 Å². The molecule has 3 aromatic carbocycles. The van der Waals surface area contributed by atoms with E-state index < -0.39 is 0 Å². The second-order valence-corrected chi connectivity index (χ2v) is 7.49. The van der Waals surface area contributed by atoms with Crippen molar-refractivity contribution in [3.05, 3.63) is 107 Å². The molecule has 0 bridgehead atoms. The van der Waals surface area contributed by atoms with Gasteiger partial charge in [0.2, 0.25) is 17.8 Å². The molecule has 9 heteroatoms. The van der Waals surface area contributed by atoms with Crippen molar-refractivity contribution in [3.63, 3.8) is 0 Å². The van der Waals surface area contributed by atoms with Crippen LogP contribution in [0.4, 0.5) is 26.6 Å². The third-order valence-corrected chi connectivity index (χ3v) is 4.92. The fraction of sp³-hybridized carbons (Fsp3) is 0.120. The zero-order valence-electron chi connectivity index (χ0n) is 18.5. The minimum absolute atomic E-state index is 0.239. The van der Waals surface area contributed by atoms with Crippen LogP contribution in [0.15, 0.2) is 77.9 Å². The van der Waals surface area contributed by atoms with E-state index in [1.54, 1.807) is 30.5 Å². The van der Waals surface area contributed by atoms with Crippen molar-refractivity contribution in [2.75, 3.05) is 16.1 Å². The Kier molecular flexibility index (Phi) is 7.34. The van der Waals surface area contributed by atoms with Crippen molar-refractivity contribution in [2.24, 2.45) is 5.10 Å². The van der Waals surface area contributed by atoms with Gasteiger partial charge in [-0.2, -0.15) is 20.1 Å². The van der Waals surface area contributed by atoms with Crippen molar-refractivity contribution in [1.82, 2.24) is 15.0 Å². The molecule has 0 aliphatic heterocycles. The van der Waals surface area contributed by atoms with Gasteiger partial charge in [0.05, 0.1) is 6.21 Å². The summed E-state index contributed by atoms with van der Waals surface area (Å²) >= 11 is 0. The molecule has 0 amide bonds. The number of anilines is 3. The molecule has 1 aromatic heterocycles. The van der Waals surface area contributed by atoms with Crippen LogP contribution < -0.4 is 16.1 Å². The summed E-state index contributed by atoms with van der Waals surface area (Å²) in [6.45, 7) is 2.79. The maximum atomic E-state index is 13.2. The Bertz CT molecular complexity index is 1190. The number of benzene rings is 3. The molecular weight excluding hydrogens is 436 g/mol. The number of hydrogen-bond donors (Lipinski definition) is 3. The maximum absolute atomic E-state index is 13.2. The molecule has 172 valence electrons. The molecule has 0 radical (unpaired) electrons. The fourth-order valence-electron chi connectivity index (χ4n) is 3.04. The van der Waals surface area contributed by atoms with Crippen LogP contribution in [0.2, 0.25) is 0 Å². The number of hydrazone groups is 1. The van der Waals surface area contributed by atoms with Crippen molar-refractivity contribution < 1.29 is 8.78 Å². The summed E-state index contributed by atoms with van der Waals surface area (Å²) in [6.07, 6.45) is 1.69. The summed E-state index contributed by atoms with van der Waals surface area (Å²) < 4.78 is 26.3. The molecule has 0 atom stereocenters. The summed E-state index contributed by atoms with van der Waals surface area (Å²) in [5.41, 5.74) is 6.64. The lowest BCUT2D eigenvalue weighted by molar-refractivity contribution is 0.626. The van der Waals surface area contributed by atoms with E-state index in [2.05, 4.69) is 36.1 Å². The molecule has 34 heavy (non-hydrogen) atoms. The van der Waals surface area contributed by atoms with E-state index >= 15 is 0 Å². The molecule has 3 N–H and O–H groups in total. The second-order valence-electron chi connectivity index (χ2n) is 7.49. The van der Waals surface area contributed by atoms with Gasteiger partial charge >= 0.3 is 0 Å². The van der Waals surface area contributed by atoms with Crippen LogP contribution in [0, 0.1) is 18.6 Å². The Hall–Kier alpha value is -4.40. The Labute approximate surface area is 196 Å². The Morgan fingerprint density at radius 2 is 1.21 bits per heavy atom. The zero-order chi connectivity index (χ0) is 23.8. The lowest BCUT2D eigenvalue weighted by Crippen LogP contribution is -2.11. The average molecular weight is 460 g/mol. The molecule has 0 unspecified atom stereocenters. The van der Waals surface area contributed by atoms with Crippen LogP contribution in [-0.2, 0) is 13.1 Å². The Morgan fingerprint density at radius 1 is 0.706 bits per heavy atom. The molecule has 1 heterocycles. The third-order valence-electron chi connectivity index (χ3n) is 4.92. The number of nitrogens with zero attached hydrogens (tertiary/aromatic N) is 4. The molecular formula is C25H23F2N7. The summed E-state index contributed by atoms with van der Waals surface area (Å²) in [4.78, 5) is 13.1. The number of aryl methyl sites for hydroxylation is 1. The van der Waals surface area contributed by atoms with E-state index in [1.807, 2.05) is 31.2 Å². The van der Waals surface area contributed by atoms with Crippen molar-refractivity contribution in [3.8, 4) is 0 Å². The first kappa shape index (κ1) is 22.8. The van der Waals surface area contributed by atoms with Crippen LogP contribution in [0.1, 0.15) is 22.3 Å². The first-order chi connectivity index (χ1) is 16.5. The van der Waals surface area contributed by atoms with E-state index in [-0.39, 0.29) is 17.6 Å². The van der Waals surface area contributed by atoms with Crippen LogP contribution in [0.25, 0.3) is 0 Å². The minimum Gasteiger partial charge on any atom is -0.350 e. The predicted molar refractivity (Wildman–Crippen MR) is 130 cm³/mol. The van der Waals surface area contributed by atoms with E-state index in [9.17, 15) is 8.78 Å². The van der Waals surface area contributed by atoms with Gasteiger partial charge in [-0.15, -0.1) is 0 Å². The second kappa shape index (κ2) is 11.0. The number of hydrogen-bond acceptors (Lipinski definition) is 7. The standard InChI is InChI=1S/C25H23F2N7/c1-17-4-2-3-5-20(17)16-30-34-25-32-23(28-14-18-6-10-21(26)11-7-18)31-24(33-25)29-15-19-8-12-22(27)13-9-19/h2-13,16H,14-15H2,1H3,(H3,28,29,31,32,33,34)/b30-16+. The molecule has 0 aliphatic rings. The van der Waals surface area contributed by atoms with Gasteiger partial charge in [-0.05, 0) is 53.4 Å². The first-order valence-corrected chi connectivity index (χ1v) is 10.6. The smallest absolute Gasteiger partial charge is 0.250 e. The number of nitrogens with one attached hydrogen (secondary N) is 3. The normalized spacial score (nSPS) is 10.9. The van der Waals surface area contributed by atoms with Gasteiger partial charge in [0, 0.05) is 13.1 Å². The Morgan fingerprint density at radius 3 is 1.74 bits per heavy atom. The van der Waals surface area contributed by atoms with Gasteiger partial charge in [-0.1, -0.05) is 48.5 Å². The van der Waals surface area contributed by atoms with Gasteiger partial charge < -0.3 is 10.6 Å². The number of rotatable bonds is 9. The SMILES string of the molecule is Cc1ccccc1/C=N/Nc1nc(NCc2ccc(F)cc2)nc(NCc2ccc(F)cc2)n1. The van der Waals surface area contributed by atoms with E-state index in [0.29, 0.717) is 25.0 Å². The van der Waals surface area contributed by atoms with Crippen LogP contribution in [-0.4, -0.2) is 21.2 Å². The monoisotopic (exact) mass is 459 g/mol. The van der Waals surface area contributed by atoms with Gasteiger partial charge in [0.1, 0.15) is 11.6 Å². The van der Waals surface area contributed by atoms with Gasteiger partial charge in [-0.25, -0.2) is 14.2 Å². The van der Waals surface area contributed by atoms with Crippen LogP contribution in [0.5, 0.6) is 0 Å². The molecule has 4 aromatic rings. The van der Waals surface area contributed by atoms with E-state index in [0.717, 1.165) is 22.3 Å². The summed E-state index contributed by atoms with van der Waals surface area (Å²) in [5.74, 6) is 0.274. The molecule has 0 saturated carbocycles. The molecule has 7 nitrogen and oxygen atoms in total. The highest BCUT2D eigenvalue weighted by molar-refractivity contribution is 5.81. The molecule has 4 rings (SSSR count). The minimum atomic E-state index is -0.297. The predicted octanol–water partition coefficient (Wildman–Crippen LogP) is 5.13. The average Bonchev–Trinajstić information content (AvgIpc) is 2.84. The summed E-state index contributed by atoms with van der Waals surface area (Å²) in [5, 5.41) is 10.5. The maximum Gasteiger partial charge on any atom is 0.250 e. The largest absolute Gasteiger partial charge is 0.350 e. The number of halogens is 2. The van der Waals surface area contributed by atoms with Crippen molar-refractivity contribution >= 4 is 24.1 Å². The Balaban J connectivity index is 1.50. The molecule has 0 aliphatic carbocycles. The lowest BCUT2D eigenvalue weighted by atomic mass is 10.1. The fourth-order valence-corrected chi connectivity index (χ4v) is 3.04. The van der Waals surface area contributed by atoms with Gasteiger partial charge in [0.25, 0.3) is 0 Å². The van der Waals surface area contributed by atoms with Gasteiger partial charge in [-0.3, -0.25) is 0 Å². The first-order valence-electron chi connectivity index (χ1n) is 10.6. The molecule has 0 spiro atoms. The third kappa shape index (κ3) is 6.55. The summed E-state index contributed by atoms with van der Waals surface area (Å²) in [6, 6.07) is 20.2. The van der Waals surface area contributed by atoms with Crippen LogP contribution in [0.3, 0.4) is 0 Å². The summed E-state index contributed by atoms with van der Waals surface area (Å²) in [7, 11) is 0. The number of aromatic nitrogens is 3. The van der Waals surface area contributed by atoms with E-state index in [1.165, 1.54) is 24.3 Å². The highest BCUT2D eigenvalue weighted by Gasteiger charge is 2.07. The lowest BCUT2D eigenvalue weighted by Gasteiger charge is -2.10. The molecule has 0 saturated heterocycles. The quantitative estimate of drug-likeness (QED) is 0.238.